The molecule has 1 fully saturated rings. The van der Waals surface area contributed by atoms with Crippen LogP contribution in [0.2, 0.25) is 5.02 Å². The zero-order valence-electron chi connectivity index (χ0n) is 20.4. The number of hydrogen-bond donors (Lipinski definition) is 2. The fourth-order valence-corrected chi connectivity index (χ4v) is 5.93. The lowest BCUT2D eigenvalue weighted by molar-refractivity contribution is -0.127. The van der Waals surface area contributed by atoms with Crippen LogP contribution in [-0.2, 0) is 21.4 Å². The van der Waals surface area contributed by atoms with Crippen LogP contribution in [0.1, 0.15) is 24.4 Å². The van der Waals surface area contributed by atoms with Crippen molar-refractivity contribution in [2.75, 3.05) is 18.8 Å². The Morgan fingerprint density at radius 1 is 1.21 bits per heavy atom. The Morgan fingerprint density at radius 2 is 2.00 bits per heavy atom. The summed E-state index contributed by atoms with van der Waals surface area (Å²) >= 11 is 5.94. The molecule has 1 aliphatic rings. The first-order valence-corrected chi connectivity index (χ1v) is 13.9. The highest BCUT2D eigenvalue weighted by Crippen LogP contribution is 2.34. The molecule has 5 rings (SSSR count). The Balaban J connectivity index is 1.41. The number of carbonyl (C=O) groups is 1. The van der Waals surface area contributed by atoms with E-state index in [1.165, 1.54) is 24.5 Å². The van der Waals surface area contributed by atoms with Gasteiger partial charge in [0, 0.05) is 30.2 Å². The van der Waals surface area contributed by atoms with Crippen molar-refractivity contribution in [3.05, 3.63) is 78.1 Å². The maximum Gasteiger partial charge on any atom is 0.246 e. The fourth-order valence-electron chi connectivity index (χ4n) is 4.61. The van der Waals surface area contributed by atoms with Gasteiger partial charge >= 0.3 is 0 Å². The van der Waals surface area contributed by atoms with Crippen LogP contribution in [0.25, 0.3) is 22.3 Å². The van der Waals surface area contributed by atoms with Crippen molar-refractivity contribution < 1.29 is 13.2 Å². The van der Waals surface area contributed by atoms with Crippen molar-refractivity contribution in [2.24, 2.45) is 0 Å². The van der Waals surface area contributed by atoms with E-state index in [2.05, 4.69) is 21.3 Å². The van der Waals surface area contributed by atoms with E-state index in [-0.39, 0.29) is 23.4 Å². The summed E-state index contributed by atoms with van der Waals surface area (Å²) in [6.07, 6.45) is 4.41. The number of sulfonamides is 1. The lowest BCUT2D eigenvalue weighted by atomic mass is 10.1. The maximum atomic E-state index is 12.6. The molecule has 38 heavy (non-hydrogen) atoms. The Morgan fingerprint density at radius 3 is 2.74 bits per heavy atom. The molecule has 1 unspecified atom stereocenters. The van der Waals surface area contributed by atoms with E-state index < -0.39 is 10.0 Å². The minimum absolute atomic E-state index is 0.0710. The van der Waals surface area contributed by atoms with E-state index in [0.717, 1.165) is 24.0 Å². The van der Waals surface area contributed by atoms with Gasteiger partial charge in [-0.05, 0) is 42.7 Å². The molecule has 2 aromatic carbocycles. The number of carbonyl (C=O) groups excluding carboxylic acids is 1. The Hall–Kier alpha value is -3.80. The molecule has 1 saturated heterocycles. The van der Waals surface area contributed by atoms with Gasteiger partial charge in [-0.15, -0.1) is 0 Å². The molecule has 10 nitrogen and oxygen atoms in total. The number of fused-ring (bicyclic) bond motifs is 1. The summed E-state index contributed by atoms with van der Waals surface area (Å²) in [6, 6.07) is 13.4. The first-order valence-electron chi connectivity index (χ1n) is 12.0. The van der Waals surface area contributed by atoms with Crippen LogP contribution in [0.3, 0.4) is 0 Å². The van der Waals surface area contributed by atoms with Crippen molar-refractivity contribution in [3.63, 3.8) is 0 Å². The topological polar surface area (TPSA) is 136 Å². The molecule has 0 aliphatic carbocycles. The zero-order chi connectivity index (χ0) is 26.9. The number of anilines is 1. The van der Waals surface area contributed by atoms with Crippen LogP contribution in [-0.4, -0.2) is 52.1 Å². The molecule has 4 aromatic rings. The number of rotatable bonds is 7. The summed E-state index contributed by atoms with van der Waals surface area (Å²) in [7, 11) is -3.72. The van der Waals surface area contributed by atoms with Crippen molar-refractivity contribution in [1.29, 1.82) is 0 Å². The fraction of sp³-hybridized carbons (Fsp3) is 0.231. The first kappa shape index (κ1) is 25.8. The van der Waals surface area contributed by atoms with Crippen LogP contribution in [0, 0.1) is 0 Å². The Kier molecular flexibility index (Phi) is 7.15. The van der Waals surface area contributed by atoms with Crippen LogP contribution in [0.5, 0.6) is 0 Å². The summed E-state index contributed by atoms with van der Waals surface area (Å²) in [5.74, 6) is 0.201. The third-order valence-corrected chi connectivity index (χ3v) is 8.18. The normalized spacial score (nSPS) is 16.0. The number of likely N-dealkylation sites (tertiary alicyclic amines) is 1. The second-order valence-corrected chi connectivity index (χ2v) is 11.2. The molecule has 0 bridgehead atoms. The number of nitrogens with two attached hydrogens (primary N) is 1. The molecular formula is C26H26ClN7O3S. The molecule has 12 heteroatoms. The van der Waals surface area contributed by atoms with Gasteiger partial charge in [-0.25, -0.2) is 27.8 Å². The van der Waals surface area contributed by atoms with E-state index in [9.17, 15) is 13.2 Å². The van der Waals surface area contributed by atoms with Crippen molar-refractivity contribution >= 4 is 44.4 Å². The molecule has 1 atom stereocenters. The van der Waals surface area contributed by atoms with E-state index in [0.29, 0.717) is 40.7 Å². The standard InChI is InChI=1S/C26H26ClN7O3S/c1-2-22(35)33-12-4-6-20(15-33)34-26-23(25(28)29-16-30-26)24(32-34)18-10-8-17(9-11-18)14-31-38(36,37)21-7-3-5-19(27)13-21/h2-3,5,7-11,13,16,20,31H,1,4,6,12,14-15H2,(H2,28,29,30). The SMILES string of the molecule is C=CC(=O)N1CCCC(n2nc(-c3ccc(CNS(=O)(=O)c4cccc(Cl)c4)cc3)c3c(N)ncnc32)C1. The lowest BCUT2D eigenvalue weighted by Crippen LogP contribution is -2.40. The van der Waals surface area contributed by atoms with Crippen LogP contribution < -0.4 is 10.5 Å². The van der Waals surface area contributed by atoms with Gasteiger partial charge in [-0.2, -0.15) is 5.10 Å². The predicted octanol–water partition coefficient (Wildman–Crippen LogP) is 3.56. The number of benzene rings is 2. The smallest absolute Gasteiger partial charge is 0.246 e. The minimum Gasteiger partial charge on any atom is -0.383 e. The number of hydrogen-bond acceptors (Lipinski definition) is 7. The Labute approximate surface area is 225 Å². The summed E-state index contributed by atoms with van der Waals surface area (Å²) < 4.78 is 29.7. The molecule has 0 radical (unpaired) electrons. The maximum absolute atomic E-state index is 12.6. The summed E-state index contributed by atoms with van der Waals surface area (Å²) in [6.45, 7) is 4.87. The van der Waals surface area contributed by atoms with E-state index in [1.54, 1.807) is 17.0 Å². The predicted molar refractivity (Wildman–Crippen MR) is 146 cm³/mol. The van der Waals surface area contributed by atoms with E-state index >= 15 is 0 Å². The van der Waals surface area contributed by atoms with Crippen LogP contribution in [0.15, 0.2) is 72.4 Å². The summed E-state index contributed by atoms with van der Waals surface area (Å²) in [5.41, 5.74) is 9.03. The third kappa shape index (κ3) is 5.13. The highest BCUT2D eigenvalue weighted by Gasteiger charge is 2.28. The molecule has 1 amide bonds. The van der Waals surface area contributed by atoms with Crippen molar-refractivity contribution in [2.45, 2.75) is 30.3 Å². The molecule has 3 N–H and O–H groups in total. The van der Waals surface area contributed by atoms with E-state index in [1.807, 2.05) is 28.9 Å². The average molecular weight is 552 g/mol. The van der Waals surface area contributed by atoms with Gasteiger partial charge in [0.1, 0.15) is 17.8 Å². The van der Waals surface area contributed by atoms with Gasteiger partial charge in [-0.3, -0.25) is 4.79 Å². The third-order valence-electron chi connectivity index (χ3n) is 6.55. The average Bonchev–Trinajstić information content (AvgIpc) is 3.33. The molecule has 196 valence electrons. The van der Waals surface area contributed by atoms with Gasteiger partial charge in [0.2, 0.25) is 15.9 Å². The highest BCUT2D eigenvalue weighted by molar-refractivity contribution is 7.89. The van der Waals surface area contributed by atoms with Gasteiger partial charge in [0.15, 0.2) is 5.65 Å². The number of nitrogen functional groups attached to an aromatic ring is 1. The number of aromatic nitrogens is 4. The zero-order valence-corrected chi connectivity index (χ0v) is 22.0. The van der Waals surface area contributed by atoms with Crippen LogP contribution in [0.4, 0.5) is 5.82 Å². The molecule has 3 heterocycles. The number of nitrogens with one attached hydrogen (secondary N) is 1. The second kappa shape index (κ2) is 10.5. The second-order valence-electron chi connectivity index (χ2n) is 9.01. The largest absolute Gasteiger partial charge is 0.383 e. The summed E-state index contributed by atoms with van der Waals surface area (Å²) in [5, 5.41) is 5.85. The highest BCUT2D eigenvalue weighted by atomic mass is 35.5. The minimum atomic E-state index is -3.72. The monoisotopic (exact) mass is 551 g/mol. The van der Waals surface area contributed by atoms with Crippen molar-refractivity contribution in [1.82, 2.24) is 29.4 Å². The first-order chi connectivity index (χ1) is 18.3. The molecule has 1 aliphatic heterocycles. The van der Waals surface area contributed by atoms with Gasteiger partial charge in [0.25, 0.3) is 0 Å². The molecular weight excluding hydrogens is 526 g/mol. The number of piperidine rings is 1. The van der Waals surface area contributed by atoms with Crippen LogP contribution >= 0.6 is 11.6 Å². The van der Waals surface area contributed by atoms with Crippen molar-refractivity contribution in [3.8, 4) is 11.3 Å². The lowest BCUT2D eigenvalue weighted by Gasteiger charge is -2.32. The van der Waals surface area contributed by atoms with Gasteiger partial charge in [0.05, 0.1) is 16.3 Å². The summed E-state index contributed by atoms with van der Waals surface area (Å²) in [4.78, 5) is 22.7. The quantitative estimate of drug-likeness (QED) is 0.335. The molecule has 2 aromatic heterocycles. The molecule has 0 saturated carbocycles. The van der Waals surface area contributed by atoms with Gasteiger partial charge < -0.3 is 10.6 Å². The number of halogens is 1. The number of amides is 1. The number of nitrogens with zero attached hydrogens (tertiary/aromatic N) is 5. The Bertz CT molecular complexity index is 1620. The van der Waals surface area contributed by atoms with Gasteiger partial charge in [-0.1, -0.05) is 48.5 Å². The van der Waals surface area contributed by atoms with E-state index in [4.69, 9.17) is 22.4 Å². The molecule has 0 spiro atoms.